The van der Waals surface area contributed by atoms with Crippen molar-refractivity contribution >= 4 is 121 Å². The molecule has 0 aromatic heterocycles. The van der Waals surface area contributed by atoms with E-state index >= 15 is 0 Å². The van der Waals surface area contributed by atoms with Crippen molar-refractivity contribution in [2.24, 2.45) is 34.4 Å². The fourth-order valence-corrected chi connectivity index (χ4v) is 0. The smallest absolute Gasteiger partial charge is 0.0954 e. The molecule has 158 valence electrons. The van der Waals surface area contributed by atoms with Crippen molar-refractivity contribution in [3.05, 3.63) is 0 Å². The van der Waals surface area contributed by atoms with Gasteiger partial charge in [0, 0.05) is 21.1 Å². The minimum Gasteiger partial charge on any atom is -0.719 e. The maximum absolute atomic E-state index is 9.04. The number of nitrogens with two attached hydrogens (primary N) is 6. The Balaban J connectivity index is -0.0000000245. The summed E-state index contributed by atoms with van der Waals surface area (Å²) in [5, 5.41) is -4.50. The molecule has 0 aliphatic heterocycles. The van der Waals surface area contributed by atoms with Gasteiger partial charge in [-0.05, 0) is 0 Å². The van der Waals surface area contributed by atoms with E-state index in [9.17, 15) is 0 Å². The summed E-state index contributed by atoms with van der Waals surface area (Å²) in [6.45, 7) is 0. The fourth-order valence-electron chi connectivity index (χ4n) is 0. The quantitative estimate of drug-likeness (QED) is 0.130. The maximum Gasteiger partial charge on any atom is 0.0954 e. The number of rotatable bonds is 0. The van der Waals surface area contributed by atoms with Crippen molar-refractivity contribution in [1.29, 1.82) is 0 Å². The normalized spacial score (nSPS) is 5.54. The minimum atomic E-state index is -0.750. The molecule has 0 saturated heterocycles. The summed E-state index contributed by atoms with van der Waals surface area (Å²) in [7, 11) is 0. The van der Waals surface area contributed by atoms with Gasteiger partial charge in [0.25, 0.3) is 0 Å². The number of hydrogen-bond acceptors (Lipinski definition) is 12. The fraction of sp³-hybridized carbons (Fsp3) is 0. The molecule has 0 unspecified atom stereocenters. The molecule has 20 heteroatoms. The molecule has 0 spiro atoms. The monoisotopic (exact) mass is 588 g/mol. The summed E-state index contributed by atoms with van der Waals surface area (Å²) in [5.74, 6) is 0. The van der Waals surface area contributed by atoms with Crippen LogP contribution in [-0.4, -0.2) is 31.4 Å². The minimum absolute atomic E-state index is 0. The standard InChI is InChI=1S/6CH3NOS.Mo.H2S/c6*2-1(3)4;;/h6*(H3,2,3,4);;1H2/p-6. The number of amides is 6. The summed E-state index contributed by atoms with van der Waals surface area (Å²) < 4.78 is 0. The van der Waals surface area contributed by atoms with Gasteiger partial charge >= 0.3 is 0 Å². The third-order valence-corrected chi connectivity index (χ3v) is 0. The van der Waals surface area contributed by atoms with Gasteiger partial charge in [0.2, 0.25) is 0 Å². The first kappa shape index (κ1) is 49.9. The summed E-state index contributed by atoms with van der Waals surface area (Å²) in [6.07, 6.45) is 0. The Bertz CT molecular complexity index is 287. The Morgan fingerprint density at radius 3 is 0.385 bits per heavy atom. The van der Waals surface area contributed by atoms with Crippen molar-refractivity contribution in [2.75, 3.05) is 0 Å². The van der Waals surface area contributed by atoms with Gasteiger partial charge in [-0.1, -0.05) is 0 Å². The molecule has 6 amide bonds. The zero-order chi connectivity index (χ0) is 21.5. The molecule has 0 aromatic rings. The summed E-state index contributed by atoms with van der Waals surface area (Å²) >= 11 is 22.6. The molecule has 0 rings (SSSR count). The molecule has 0 aliphatic rings. The third kappa shape index (κ3) is 16900. The average Bonchev–Trinajstić information content (AvgIpc) is 2.08. The number of carbonyl (C=O) groups excluding carboxylic acids is 6. The molecule has 0 aromatic carbocycles. The van der Waals surface area contributed by atoms with Crippen molar-refractivity contribution in [1.82, 2.24) is 0 Å². The van der Waals surface area contributed by atoms with Crippen LogP contribution in [0.15, 0.2) is 0 Å². The molecule has 12 N–H and O–H groups in total. The van der Waals surface area contributed by atoms with Gasteiger partial charge in [-0.25, -0.2) is 0 Å². The predicted molar refractivity (Wildman–Crippen MR) is 112 cm³/mol. The van der Waals surface area contributed by atoms with E-state index in [4.69, 9.17) is 28.8 Å². The van der Waals surface area contributed by atoms with Gasteiger partial charge in [0.1, 0.15) is 0 Å². The van der Waals surface area contributed by atoms with Crippen LogP contribution in [0, 0.1) is 0 Å². The topological polar surface area (TPSA) is 259 Å². The largest absolute Gasteiger partial charge is 0.719 e. The Morgan fingerprint density at radius 2 is 0.385 bits per heavy atom. The van der Waals surface area contributed by atoms with E-state index in [2.05, 4.69) is 110 Å². The Kier molecular flexibility index (Phi) is 84.4. The van der Waals surface area contributed by atoms with E-state index in [0.29, 0.717) is 0 Å². The van der Waals surface area contributed by atoms with E-state index in [1.54, 1.807) is 0 Å². The van der Waals surface area contributed by atoms with Gasteiger partial charge in [0.15, 0.2) is 0 Å². The predicted octanol–water partition coefficient (Wildman–Crippen LogP) is -2.22. The van der Waals surface area contributed by atoms with Crippen LogP contribution in [0.5, 0.6) is 0 Å². The number of primary amides is 6. The van der Waals surface area contributed by atoms with Gasteiger partial charge < -0.3 is 139 Å². The third-order valence-electron chi connectivity index (χ3n) is 0. The van der Waals surface area contributed by atoms with Crippen molar-refractivity contribution in [2.45, 2.75) is 0 Å². The molecule has 0 saturated carbocycles. The zero-order valence-corrected chi connectivity index (χ0v) is 20.2. The van der Waals surface area contributed by atoms with Gasteiger partial charge in [-0.3, -0.25) is 0 Å². The summed E-state index contributed by atoms with van der Waals surface area (Å²) in [5.41, 5.74) is 25.7. The van der Waals surface area contributed by atoms with E-state index < -0.39 is 31.4 Å². The van der Waals surface area contributed by atoms with Crippen LogP contribution < -0.4 is 34.4 Å². The Morgan fingerprint density at radius 1 is 0.385 bits per heavy atom. The second-order valence-corrected chi connectivity index (χ2v) is 4.33. The maximum atomic E-state index is 9.04. The Hall–Kier alpha value is -0.822. The van der Waals surface area contributed by atoms with E-state index in [1.807, 2.05) is 0 Å². The van der Waals surface area contributed by atoms with Gasteiger partial charge in [-0.15, -0.1) is 0 Å². The van der Waals surface area contributed by atoms with Crippen molar-refractivity contribution in [3.8, 4) is 0 Å². The first-order valence-corrected chi connectivity index (χ1v) is 6.63. The van der Waals surface area contributed by atoms with E-state index in [1.165, 1.54) is 0 Å². The van der Waals surface area contributed by atoms with Crippen LogP contribution in [0.2, 0.25) is 0 Å². The van der Waals surface area contributed by atoms with Gasteiger partial charge in [-0.2, -0.15) is 13.5 Å². The second kappa shape index (κ2) is 44.0. The molecule has 12 nitrogen and oxygen atoms in total. The molecule has 0 atom stereocenters. The molecular weight excluding hydrogens is 573 g/mol. The molecule has 0 aliphatic carbocycles. The average molecular weight is 587 g/mol. The molecular formula is C6H14MoN6O6S7-6. The molecule has 0 heterocycles. The molecule has 0 fully saturated rings. The van der Waals surface area contributed by atoms with Crippen LogP contribution >= 0.6 is 13.5 Å². The van der Waals surface area contributed by atoms with Gasteiger partial charge in [0.05, 0.1) is 31.4 Å². The SMILES string of the molecule is NC(=O)[S-].NC(=O)[S-].NC(=O)[S-].NC(=O)[S-].NC(=O)[S-].NC(=O)[S-].S.[Mo]. The first-order valence-electron chi connectivity index (χ1n) is 4.18. The number of carbonyl (C=O) groups is 6. The molecule has 0 radical (unpaired) electrons. The Labute approximate surface area is 203 Å². The van der Waals surface area contributed by atoms with Crippen LogP contribution in [0.1, 0.15) is 0 Å². The van der Waals surface area contributed by atoms with Crippen molar-refractivity contribution < 1.29 is 49.8 Å². The van der Waals surface area contributed by atoms with E-state index in [-0.39, 0.29) is 34.6 Å². The zero-order valence-electron chi connectivity index (χ0n) is 12.3. The molecule has 26 heavy (non-hydrogen) atoms. The van der Waals surface area contributed by atoms with Crippen LogP contribution in [0.3, 0.4) is 0 Å². The first-order chi connectivity index (χ1) is 10.4. The molecule has 0 bridgehead atoms. The van der Waals surface area contributed by atoms with E-state index in [0.717, 1.165) is 0 Å². The summed E-state index contributed by atoms with van der Waals surface area (Å²) in [6, 6.07) is 0. The van der Waals surface area contributed by atoms with Crippen LogP contribution in [0.4, 0.5) is 28.8 Å². The van der Waals surface area contributed by atoms with Crippen LogP contribution in [-0.2, 0) is 96.8 Å². The number of hydrogen-bond donors (Lipinski definition) is 6. The summed E-state index contributed by atoms with van der Waals surface area (Å²) in [4.78, 5) is 54.2. The van der Waals surface area contributed by atoms with Crippen molar-refractivity contribution in [3.63, 3.8) is 0 Å². The second-order valence-electron chi connectivity index (χ2n) is 1.91. The van der Waals surface area contributed by atoms with Crippen LogP contribution in [0.25, 0.3) is 0 Å².